The topological polar surface area (TPSA) is 94.2 Å². The summed E-state index contributed by atoms with van der Waals surface area (Å²) in [6.45, 7) is 13.3. The molecular formula is C20H31N3O4Si. The second-order valence-electron chi connectivity index (χ2n) is 8.79. The van der Waals surface area contributed by atoms with Gasteiger partial charge in [0.15, 0.2) is 8.32 Å². The Labute approximate surface area is 168 Å². The molecule has 1 aromatic rings. The second kappa shape index (κ2) is 8.17. The average molecular weight is 406 g/mol. The molecule has 0 bridgehead atoms. The predicted molar refractivity (Wildman–Crippen MR) is 107 cm³/mol. The molecule has 1 aliphatic heterocycles. The number of hydrogen-bond acceptors (Lipinski definition) is 6. The fourth-order valence-corrected chi connectivity index (χ4v) is 4.30. The van der Waals surface area contributed by atoms with Gasteiger partial charge in [0.05, 0.1) is 24.6 Å². The minimum absolute atomic E-state index is 0.0153. The van der Waals surface area contributed by atoms with E-state index >= 15 is 0 Å². The monoisotopic (exact) mass is 405 g/mol. The average Bonchev–Trinajstić information content (AvgIpc) is 3.13. The summed E-state index contributed by atoms with van der Waals surface area (Å²) in [5.74, 6) is -0.0380. The Kier molecular flexibility index (Phi) is 6.51. The maximum absolute atomic E-state index is 12.8. The Bertz CT molecular complexity index is 788. The van der Waals surface area contributed by atoms with Gasteiger partial charge < -0.3 is 9.16 Å². The molecule has 0 radical (unpaired) electrons. The second-order valence-corrected chi connectivity index (χ2v) is 13.6. The van der Waals surface area contributed by atoms with E-state index in [2.05, 4.69) is 44.9 Å². The molecule has 0 spiro atoms. The number of esters is 1. The van der Waals surface area contributed by atoms with Crippen molar-refractivity contribution in [1.29, 1.82) is 5.26 Å². The highest BCUT2D eigenvalue weighted by Gasteiger charge is 2.52. The van der Waals surface area contributed by atoms with Crippen molar-refractivity contribution in [3.8, 4) is 6.07 Å². The first-order chi connectivity index (χ1) is 13.0. The number of fused-ring (bicyclic) bond motifs is 1. The van der Waals surface area contributed by atoms with Crippen LogP contribution >= 0.6 is 0 Å². The van der Waals surface area contributed by atoms with Gasteiger partial charge in [-0.25, -0.2) is 4.98 Å². The molecule has 154 valence electrons. The van der Waals surface area contributed by atoms with E-state index in [-0.39, 0.29) is 36.8 Å². The minimum atomic E-state index is -1.89. The molecule has 1 unspecified atom stereocenters. The number of carbonyl (C=O) groups excluding carboxylic acids is 2. The van der Waals surface area contributed by atoms with Crippen molar-refractivity contribution in [2.24, 2.45) is 0 Å². The highest BCUT2D eigenvalue weighted by Crippen LogP contribution is 2.41. The van der Waals surface area contributed by atoms with Crippen molar-refractivity contribution >= 4 is 20.2 Å². The standard InChI is InChI=1S/C20H31N3O4Si/c1-7-26-18(25)20(10-8-11-21)13-17(24)23-15(20)14-22-16(23)9-12-27-28(5,6)19(2,3)4/h14H,7-10,12-13H2,1-6H3. The molecule has 2 heterocycles. The van der Waals surface area contributed by atoms with Crippen LogP contribution in [0.15, 0.2) is 6.20 Å². The van der Waals surface area contributed by atoms with Gasteiger partial charge in [0.1, 0.15) is 11.2 Å². The molecule has 0 aliphatic carbocycles. The molecule has 0 amide bonds. The van der Waals surface area contributed by atoms with Crippen LogP contribution in [-0.2, 0) is 25.8 Å². The Morgan fingerprint density at radius 3 is 2.68 bits per heavy atom. The summed E-state index contributed by atoms with van der Waals surface area (Å²) in [6, 6.07) is 2.07. The van der Waals surface area contributed by atoms with Crippen molar-refractivity contribution in [2.75, 3.05) is 13.2 Å². The lowest BCUT2D eigenvalue weighted by atomic mass is 9.79. The lowest BCUT2D eigenvalue weighted by Crippen LogP contribution is -2.41. The fraction of sp³-hybridized carbons (Fsp3) is 0.700. The van der Waals surface area contributed by atoms with Gasteiger partial charge in [-0.2, -0.15) is 5.26 Å². The Hall–Kier alpha value is -1.98. The summed E-state index contributed by atoms with van der Waals surface area (Å²) in [6.07, 6.45) is 2.51. The van der Waals surface area contributed by atoms with Gasteiger partial charge in [0.25, 0.3) is 0 Å². The van der Waals surface area contributed by atoms with Gasteiger partial charge in [0.2, 0.25) is 5.91 Å². The number of carbonyl (C=O) groups is 2. The molecule has 8 heteroatoms. The van der Waals surface area contributed by atoms with E-state index in [1.807, 2.05) is 0 Å². The molecule has 0 fully saturated rings. The Morgan fingerprint density at radius 1 is 1.43 bits per heavy atom. The van der Waals surface area contributed by atoms with E-state index in [4.69, 9.17) is 14.4 Å². The van der Waals surface area contributed by atoms with Crippen LogP contribution in [0.2, 0.25) is 18.1 Å². The summed E-state index contributed by atoms with van der Waals surface area (Å²) in [7, 11) is -1.89. The molecule has 0 N–H and O–H groups in total. The van der Waals surface area contributed by atoms with Crippen LogP contribution < -0.4 is 0 Å². The molecule has 1 atom stereocenters. The zero-order valence-corrected chi connectivity index (χ0v) is 18.8. The smallest absolute Gasteiger partial charge is 0.318 e. The fourth-order valence-electron chi connectivity index (χ4n) is 3.26. The van der Waals surface area contributed by atoms with E-state index < -0.39 is 19.7 Å². The molecule has 0 saturated carbocycles. The lowest BCUT2D eigenvalue weighted by molar-refractivity contribution is -0.150. The normalized spacial score (nSPS) is 19.4. The molecule has 1 aromatic heterocycles. The van der Waals surface area contributed by atoms with E-state index in [1.54, 1.807) is 13.1 Å². The summed E-state index contributed by atoms with van der Waals surface area (Å²) < 4.78 is 13.0. The first kappa shape index (κ1) is 22.3. The molecule has 0 aromatic carbocycles. The van der Waals surface area contributed by atoms with Crippen LogP contribution in [0.5, 0.6) is 0 Å². The van der Waals surface area contributed by atoms with Gasteiger partial charge in [-0.3, -0.25) is 14.2 Å². The molecular weight excluding hydrogens is 374 g/mol. The van der Waals surface area contributed by atoms with Gasteiger partial charge in [-0.1, -0.05) is 20.8 Å². The number of ether oxygens (including phenoxy) is 1. The summed E-state index contributed by atoms with van der Waals surface area (Å²) in [5, 5.41) is 9.11. The van der Waals surface area contributed by atoms with Crippen LogP contribution in [0, 0.1) is 11.3 Å². The molecule has 1 aliphatic rings. The van der Waals surface area contributed by atoms with Gasteiger partial charge >= 0.3 is 5.97 Å². The maximum atomic E-state index is 12.8. The molecule has 0 saturated heterocycles. The number of nitriles is 1. The Morgan fingerprint density at radius 2 is 2.11 bits per heavy atom. The number of imidazole rings is 1. The highest BCUT2D eigenvalue weighted by atomic mass is 28.4. The number of aromatic nitrogens is 2. The van der Waals surface area contributed by atoms with Crippen molar-refractivity contribution in [2.45, 2.75) is 76.9 Å². The number of hydrogen-bond donors (Lipinski definition) is 0. The first-order valence-corrected chi connectivity index (χ1v) is 12.7. The van der Waals surface area contributed by atoms with Crippen molar-refractivity contribution in [3.05, 3.63) is 17.7 Å². The van der Waals surface area contributed by atoms with Crippen molar-refractivity contribution in [1.82, 2.24) is 9.55 Å². The minimum Gasteiger partial charge on any atom is -0.465 e. The number of nitrogens with zero attached hydrogens (tertiary/aromatic N) is 3. The first-order valence-electron chi connectivity index (χ1n) is 9.78. The third kappa shape index (κ3) is 4.05. The predicted octanol–water partition coefficient (Wildman–Crippen LogP) is 3.60. The van der Waals surface area contributed by atoms with Crippen LogP contribution in [0.3, 0.4) is 0 Å². The molecule has 28 heavy (non-hydrogen) atoms. The molecule has 7 nitrogen and oxygen atoms in total. The lowest BCUT2D eigenvalue weighted by Gasteiger charge is -2.36. The molecule has 2 rings (SSSR count). The number of rotatable bonds is 8. The van der Waals surface area contributed by atoms with E-state index in [0.717, 1.165) is 0 Å². The van der Waals surface area contributed by atoms with Gasteiger partial charge in [0, 0.05) is 25.9 Å². The van der Waals surface area contributed by atoms with E-state index in [9.17, 15) is 9.59 Å². The summed E-state index contributed by atoms with van der Waals surface area (Å²) in [4.78, 5) is 29.9. The van der Waals surface area contributed by atoms with Crippen molar-refractivity contribution in [3.63, 3.8) is 0 Å². The van der Waals surface area contributed by atoms with E-state index in [0.29, 0.717) is 24.5 Å². The van der Waals surface area contributed by atoms with Crippen LogP contribution in [0.25, 0.3) is 0 Å². The summed E-state index contributed by atoms with van der Waals surface area (Å²) in [5.41, 5.74) is -0.581. The van der Waals surface area contributed by atoms with Crippen LogP contribution in [-0.4, -0.2) is 43.0 Å². The highest BCUT2D eigenvalue weighted by molar-refractivity contribution is 6.74. The van der Waals surface area contributed by atoms with E-state index in [1.165, 1.54) is 4.57 Å². The maximum Gasteiger partial charge on any atom is 0.318 e. The Balaban J connectivity index is 2.25. The van der Waals surface area contributed by atoms with Crippen LogP contribution in [0.4, 0.5) is 0 Å². The zero-order chi connectivity index (χ0) is 21.2. The van der Waals surface area contributed by atoms with Gasteiger partial charge in [-0.15, -0.1) is 0 Å². The third-order valence-corrected chi connectivity index (χ3v) is 10.5. The quantitative estimate of drug-likeness (QED) is 0.484. The zero-order valence-electron chi connectivity index (χ0n) is 17.8. The summed E-state index contributed by atoms with van der Waals surface area (Å²) >= 11 is 0. The van der Waals surface area contributed by atoms with Crippen LogP contribution in [0.1, 0.15) is 63.3 Å². The largest absolute Gasteiger partial charge is 0.465 e. The van der Waals surface area contributed by atoms with Gasteiger partial charge in [-0.05, 0) is 31.5 Å². The SMILES string of the molecule is CCOC(=O)C1(CCC#N)CC(=O)n2c1cnc2CCO[Si](C)(C)C(C)(C)C. The van der Waals surface area contributed by atoms with Crippen molar-refractivity contribution < 1.29 is 18.8 Å². The third-order valence-electron chi connectivity index (χ3n) is 5.95.